The Labute approximate surface area is 247 Å². The molecule has 3 fully saturated rings. The first kappa shape index (κ1) is 31.4. The molecule has 0 aliphatic heterocycles. The lowest BCUT2D eigenvalue weighted by atomic mass is 9.46. The number of fused-ring (bicyclic) bond motifs is 5. The second kappa shape index (κ2) is 12.2. The van der Waals surface area contributed by atoms with E-state index in [1.54, 1.807) is 5.57 Å². The molecule has 4 heteroatoms. The third-order valence-electron chi connectivity index (χ3n) is 11.8. The van der Waals surface area contributed by atoms with Gasteiger partial charge in [-0.25, -0.2) is 0 Å². The summed E-state index contributed by atoms with van der Waals surface area (Å²) in [4.78, 5) is 13.0. The van der Waals surface area contributed by atoms with E-state index in [0.717, 1.165) is 65.9 Å². The summed E-state index contributed by atoms with van der Waals surface area (Å²) in [6, 6.07) is 0. The Bertz CT molecular complexity index is 816. The minimum Gasteiger partial charge on any atom is -1.00 e. The van der Waals surface area contributed by atoms with Gasteiger partial charge in [-0.3, -0.25) is 4.79 Å². The molecule has 1 N–H and O–H groups in total. The van der Waals surface area contributed by atoms with Crippen LogP contribution in [-0.4, -0.2) is 44.6 Å². The number of carbonyl (C=O) groups is 1. The lowest BCUT2D eigenvalue weighted by Crippen LogP contribution is -3.00. The fourth-order valence-electron chi connectivity index (χ4n) is 9.57. The molecule has 214 valence electrons. The van der Waals surface area contributed by atoms with E-state index in [9.17, 15) is 4.79 Å². The maximum Gasteiger partial charge on any atom is 0.223 e. The number of likely N-dealkylation sites (N-methyl/N-ethyl adjacent to an activating group) is 1. The van der Waals surface area contributed by atoms with Crippen LogP contribution in [0.1, 0.15) is 105 Å². The molecule has 4 aliphatic carbocycles. The zero-order valence-electron chi connectivity index (χ0n) is 25.5. The second-order valence-corrected chi connectivity index (χ2v) is 15.5. The molecule has 1 amide bonds. The second-order valence-electron chi connectivity index (χ2n) is 15.5. The Morgan fingerprint density at radius 2 is 1.76 bits per heavy atom. The van der Waals surface area contributed by atoms with Gasteiger partial charge in [-0.05, 0) is 97.7 Å². The fraction of sp³-hybridized carbons (Fsp3) is 0.909. The molecule has 0 bridgehead atoms. The Hall–Kier alpha value is -0.100. The molecule has 0 heterocycles. The highest BCUT2D eigenvalue weighted by Crippen LogP contribution is 2.67. The molecule has 4 aliphatic rings. The van der Waals surface area contributed by atoms with Gasteiger partial charge in [0.25, 0.3) is 0 Å². The predicted molar refractivity (Wildman–Crippen MR) is 152 cm³/mol. The van der Waals surface area contributed by atoms with Crippen molar-refractivity contribution in [3.8, 4) is 0 Å². The van der Waals surface area contributed by atoms with Gasteiger partial charge < -0.3 is 33.8 Å². The quantitative estimate of drug-likeness (QED) is 0.229. The summed E-state index contributed by atoms with van der Waals surface area (Å²) in [5.41, 5.74) is 2.54. The Morgan fingerprint density at radius 1 is 1.03 bits per heavy atom. The van der Waals surface area contributed by atoms with E-state index >= 15 is 0 Å². The summed E-state index contributed by atoms with van der Waals surface area (Å²) >= 11 is 0. The van der Waals surface area contributed by atoms with E-state index in [1.807, 2.05) is 0 Å². The first-order valence-corrected chi connectivity index (χ1v) is 15.6. The van der Waals surface area contributed by atoms with Crippen molar-refractivity contribution in [2.75, 3.05) is 34.2 Å². The first-order chi connectivity index (χ1) is 16.8. The molecule has 3 nitrogen and oxygen atoms in total. The van der Waals surface area contributed by atoms with Gasteiger partial charge in [-0.1, -0.05) is 65.5 Å². The minimum absolute atomic E-state index is 0. The molecule has 0 saturated heterocycles. The summed E-state index contributed by atoms with van der Waals surface area (Å²) in [5, 5.41) is 3.26. The van der Waals surface area contributed by atoms with Gasteiger partial charge in [0, 0.05) is 5.92 Å². The van der Waals surface area contributed by atoms with Gasteiger partial charge in [-0.15, -0.1) is 0 Å². The highest BCUT2D eigenvalue weighted by molar-refractivity contribution is 5.79. The molecule has 8 atom stereocenters. The van der Waals surface area contributed by atoms with Gasteiger partial charge in [0.05, 0.1) is 34.2 Å². The van der Waals surface area contributed by atoms with Crippen LogP contribution < -0.4 is 29.3 Å². The van der Waals surface area contributed by atoms with Crippen LogP contribution in [0, 0.1) is 52.3 Å². The van der Waals surface area contributed by atoms with Crippen molar-refractivity contribution in [3.63, 3.8) is 0 Å². The molecule has 37 heavy (non-hydrogen) atoms. The van der Waals surface area contributed by atoms with Crippen LogP contribution in [0.5, 0.6) is 0 Å². The van der Waals surface area contributed by atoms with Crippen LogP contribution in [0.4, 0.5) is 0 Å². The maximum atomic E-state index is 13.0. The lowest BCUT2D eigenvalue weighted by Gasteiger charge is -2.58. The molecule has 0 aromatic rings. The van der Waals surface area contributed by atoms with E-state index in [4.69, 9.17) is 0 Å². The van der Waals surface area contributed by atoms with E-state index in [2.05, 4.69) is 67.2 Å². The number of amides is 1. The molecule has 0 unspecified atom stereocenters. The van der Waals surface area contributed by atoms with Crippen molar-refractivity contribution >= 4 is 5.91 Å². The fourth-order valence-corrected chi connectivity index (χ4v) is 9.57. The number of carbonyl (C=O) groups excluding carboxylic acids is 1. The topological polar surface area (TPSA) is 29.1 Å². The molecule has 0 spiro atoms. The zero-order valence-corrected chi connectivity index (χ0v) is 27.7. The minimum atomic E-state index is 0. The predicted octanol–water partition coefficient (Wildman–Crippen LogP) is 4.47. The summed E-state index contributed by atoms with van der Waals surface area (Å²) in [7, 11) is 6.57. The smallest absolute Gasteiger partial charge is 0.223 e. The normalized spacial score (nSPS) is 38.1. The number of rotatable bonds is 9. The summed E-state index contributed by atoms with van der Waals surface area (Å²) in [6.07, 6.45) is 17.2. The van der Waals surface area contributed by atoms with Crippen molar-refractivity contribution in [2.24, 2.45) is 52.3 Å². The zero-order chi connectivity index (χ0) is 26.3. The van der Waals surface area contributed by atoms with Crippen LogP contribution in [0.15, 0.2) is 11.6 Å². The highest BCUT2D eigenvalue weighted by atomic mass is 127. The lowest BCUT2D eigenvalue weighted by molar-refractivity contribution is -0.869. The van der Waals surface area contributed by atoms with E-state index in [1.165, 1.54) is 57.8 Å². The van der Waals surface area contributed by atoms with Crippen molar-refractivity contribution < 1.29 is 33.3 Å². The van der Waals surface area contributed by atoms with Gasteiger partial charge in [0.1, 0.15) is 0 Å². The largest absolute Gasteiger partial charge is 1.00 e. The number of hydrogen-bond acceptors (Lipinski definition) is 1. The summed E-state index contributed by atoms with van der Waals surface area (Å²) in [6.45, 7) is 14.4. The Balaban J connectivity index is 0.00000380. The van der Waals surface area contributed by atoms with Gasteiger partial charge in [0.15, 0.2) is 0 Å². The average Bonchev–Trinajstić information content (AvgIpc) is 3.14. The van der Waals surface area contributed by atoms with Crippen molar-refractivity contribution in [3.05, 3.63) is 11.6 Å². The standard InChI is InChI=1S/C33H58N2O.HI/c1-23(2)10-9-11-24(3)28-14-15-29-27-13-12-26-22-25(31(36)34-20-21-35(6,7)8)16-18-32(26,4)30(27)17-19-33(28,29)5;/h12,23-25,27-30H,9-11,13-22H2,1-8H3;1H/t24-,25+,27+,28-,29+,30+,32+,33-;/m1./s1. The number of allylic oxidation sites excluding steroid dienone is 2. The number of nitrogens with zero attached hydrogens (tertiary/aromatic N) is 1. The summed E-state index contributed by atoms with van der Waals surface area (Å²) in [5.74, 6) is 5.77. The number of hydrogen-bond donors (Lipinski definition) is 1. The SMILES string of the molecule is CC(C)CCC[C@@H](C)[C@H]1CC[C@H]2[C@@H]3CC=C4C[C@@H](C(=O)NCC[N+](C)(C)C)CC[C@]4(C)[C@H]3CC[C@]12C.[I-]. The molecule has 0 aromatic carbocycles. The molecule has 0 radical (unpaired) electrons. The van der Waals surface area contributed by atoms with Crippen LogP contribution in [-0.2, 0) is 4.79 Å². The Morgan fingerprint density at radius 3 is 2.43 bits per heavy atom. The third-order valence-corrected chi connectivity index (χ3v) is 11.8. The number of halogens is 1. The monoisotopic (exact) mass is 626 g/mol. The molecular formula is C33H59IN2O. The van der Waals surface area contributed by atoms with Crippen molar-refractivity contribution in [1.29, 1.82) is 0 Å². The van der Waals surface area contributed by atoms with Crippen molar-refractivity contribution in [2.45, 2.75) is 105 Å². The van der Waals surface area contributed by atoms with Gasteiger partial charge in [0.2, 0.25) is 5.91 Å². The summed E-state index contributed by atoms with van der Waals surface area (Å²) < 4.78 is 0.898. The third kappa shape index (κ3) is 6.63. The average molecular weight is 627 g/mol. The molecule has 0 aromatic heterocycles. The van der Waals surface area contributed by atoms with Crippen LogP contribution in [0.2, 0.25) is 0 Å². The number of quaternary nitrogens is 1. The number of nitrogens with one attached hydrogen (secondary N) is 1. The molecule has 4 rings (SSSR count). The van der Waals surface area contributed by atoms with E-state index in [0.29, 0.717) is 16.7 Å². The van der Waals surface area contributed by atoms with Gasteiger partial charge in [-0.2, -0.15) is 0 Å². The first-order valence-electron chi connectivity index (χ1n) is 15.6. The van der Waals surface area contributed by atoms with Gasteiger partial charge >= 0.3 is 0 Å². The Kier molecular flexibility index (Phi) is 10.4. The van der Waals surface area contributed by atoms with Crippen LogP contribution in [0.25, 0.3) is 0 Å². The van der Waals surface area contributed by atoms with Crippen LogP contribution in [0.3, 0.4) is 0 Å². The van der Waals surface area contributed by atoms with E-state index in [-0.39, 0.29) is 29.9 Å². The van der Waals surface area contributed by atoms with Crippen molar-refractivity contribution in [1.82, 2.24) is 5.32 Å². The highest BCUT2D eigenvalue weighted by Gasteiger charge is 2.59. The molecule has 3 saturated carbocycles. The van der Waals surface area contributed by atoms with E-state index < -0.39 is 0 Å². The maximum absolute atomic E-state index is 13.0. The molecular weight excluding hydrogens is 567 g/mol. The van der Waals surface area contributed by atoms with Crippen LogP contribution >= 0.6 is 0 Å².